The van der Waals surface area contributed by atoms with E-state index in [9.17, 15) is 18.4 Å². The smallest absolute Gasteiger partial charge is 0.260 e. The first-order valence-electron chi connectivity index (χ1n) is 13.0. The van der Waals surface area contributed by atoms with E-state index >= 15 is 0 Å². The van der Waals surface area contributed by atoms with Crippen LogP contribution in [0.2, 0.25) is 0 Å². The van der Waals surface area contributed by atoms with Crippen LogP contribution in [0.5, 0.6) is 0 Å². The number of carbonyl (C=O) groups is 2. The third-order valence-corrected chi connectivity index (χ3v) is 8.46. The molecule has 1 aromatic carbocycles. The number of hydrogen-bond donors (Lipinski definition) is 1. The number of hydrogen-bond acceptors (Lipinski definition) is 6. The van der Waals surface area contributed by atoms with Gasteiger partial charge in [-0.3, -0.25) is 14.5 Å². The number of amides is 2. The lowest BCUT2D eigenvalue weighted by molar-refractivity contribution is -0.122. The number of likely N-dealkylation sites (tertiary alicyclic amines) is 1. The van der Waals surface area contributed by atoms with Crippen LogP contribution in [0.4, 0.5) is 19.6 Å². The van der Waals surface area contributed by atoms with Gasteiger partial charge in [-0.2, -0.15) is 0 Å². The van der Waals surface area contributed by atoms with E-state index in [-0.39, 0.29) is 31.2 Å². The van der Waals surface area contributed by atoms with E-state index in [1.54, 1.807) is 9.80 Å². The van der Waals surface area contributed by atoms with E-state index in [4.69, 9.17) is 0 Å². The predicted molar refractivity (Wildman–Crippen MR) is 135 cm³/mol. The maximum atomic E-state index is 13.7. The van der Waals surface area contributed by atoms with E-state index in [2.05, 4.69) is 15.5 Å². The summed E-state index contributed by atoms with van der Waals surface area (Å²) in [4.78, 5) is 28.9. The zero-order chi connectivity index (χ0) is 25.1. The van der Waals surface area contributed by atoms with Crippen LogP contribution < -0.4 is 10.2 Å². The van der Waals surface area contributed by atoms with E-state index in [0.29, 0.717) is 36.9 Å². The zero-order valence-electron chi connectivity index (χ0n) is 20.4. The number of aryl methyl sites for hydroxylation is 1. The number of nitrogens with one attached hydrogen (secondary N) is 1. The molecule has 1 saturated carbocycles. The summed E-state index contributed by atoms with van der Waals surface area (Å²) in [5.74, 6) is -2.62. The molecule has 1 unspecified atom stereocenters. The molecule has 1 aliphatic carbocycles. The molecule has 1 atom stereocenters. The van der Waals surface area contributed by atoms with Gasteiger partial charge >= 0.3 is 0 Å². The Labute approximate surface area is 214 Å². The Morgan fingerprint density at radius 2 is 1.92 bits per heavy atom. The van der Waals surface area contributed by atoms with Gasteiger partial charge in [0.1, 0.15) is 5.01 Å². The van der Waals surface area contributed by atoms with Crippen molar-refractivity contribution in [3.8, 4) is 0 Å². The number of carbonyl (C=O) groups excluding carboxylic acids is 2. The fraction of sp³-hybridized carbons (Fsp3) is 0.615. The summed E-state index contributed by atoms with van der Waals surface area (Å²) in [6.07, 6.45) is 7.85. The minimum atomic E-state index is -2.62. The van der Waals surface area contributed by atoms with Crippen molar-refractivity contribution in [1.29, 1.82) is 0 Å². The third kappa shape index (κ3) is 6.26. The van der Waals surface area contributed by atoms with Crippen molar-refractivity contribution in [3.63, 3.8) is 0 Å². The van der Waals surface area contributed by atoms with Gasteiger partial charge in [-0.05, 0) is 43.0 Å². The van der Waals surface area contributed by atoms with Crippen LogP contribution in [0.25, 0.3) is 0 Å². The molecule has 1 aromatic heterocycles. The lowest BCUT2D eigenvalue weighted by atomic mass is 10.0. The van der Waals surface area contributed by atoms with Gasteiger partial charge in [-0.1, -0.05) is 49.2 Å². The van der Waals surface area contributed by atoms with E-state index in [1.807, 2.05) is 24.3 Å². The standard InChI is InChI=1S/C26H33F2N5O2S/c27-26(28)12-3-13-32(17-26)15-19-6-9-21(10-7-19)33-16-20(14-23(33)34)24(35)29-25-31-30-22(36-25)11-8-18-4-1-2-5-18/h6-7,9-10,18,20H,1-5,8,11-17H2,(H,29,31,35). The second-order valence-electron chi connectivity index (χ2n) is 10.4. The van der Waals surface area contributed by atoms with Crippen LogP contribution in [0.3, 0.4) is 0 Å². The summed E-state index contributed by atoms with van der Waals surface area (Å²) in [6.45, 7) is 1.21. The highest BCUT2D eigenvalue weighted by molar-refractivity contribution is 7.15. The Bertz CT molecular complexity index is 1070. The first kappa shape index (κ1) is 25.2. The fourth-order valence-corrected chi connectivity index (χ4v) is 6.35. The molecule has 2 aliphatic heterocycles. The van der Waals surface area contributed by atoms with E-state index in [1.165, 1.54) is 37.0 Å². The first-order valence-corrected chi connectivity index (χ1v) is 13.8. The molecule has 1 N–H and O–H groups in total. The monoisotopic (exact) mass is 517 g/mol. The van der Waals surface area contributed by atoms with Crippen molar-refractivity contribution in [1.82, 2.24) is 15.1 Å². The Morgan fingerprint density at radius 1 is 1.14 bits per heavy atom. The van der Waals surface area contributed by atoms with E-state index < -0.39 is 11.8 Å². The first-order chi connectivity index (χ1) is 17.3. The van der Waals surface area contributed by atoms with Gasteiger partial charge in [0.25, 0.3) is 5.92 Å². The van der Waals surface area contributed by atoms with Crippen LogP contribution in [-0.4, -0.2) is 52.5 Å². The number of anilines is 2. The molecule has 36 heavy (non-hydrogen) atoms. The second kappa shape index (κ2) is 10.9. The van der Waals surface area contributed by atoms with Crippen LogP contribution in [0.15, 0.2) is 24.3 Å². The molecule has 194 valence electrons. The predicted octanol–water partition coefficient (Wildman–Crippen LogP) is 4.88. The van der Waals surface area contributed by atoms with Gasteiger partial charge in [-0.15, -0.1) is 10.2 Å². The van der Waals surface area contributed by atoms with E-state index in [0.717, 1.165) is 29.3 Å². The topological polar surface area (TPSA) is 78.4 Å². The van der Waals surface area contributed by atoms with Gasteiger partial charge in [0.2, 0.25) is 16.9 Å². The normalized spacial score (nSPS) is 22.9. The molecule has 2 aromatic rings. The number of benzene rings is 1. The molecule has 0 spiro atoms. The van der Waals surface area contributed by atoms with Crippen molar-refractivity contribution in [2.75, 3.05) is 29.9 Å². The molecule has 3 fully saturated rings. The molecule has 5 rings (SSSR count). The number of halogens is 2. The van der Waals surface area contributed by atoms with Crippen molar-refractivity contribution in [2.45, 2.75) is 70.3 Å². The molecular weight excluding hydrogens is 484 g/mol. The molecular formula is C26H33F2N5O2S. The van der Waals surface area contributed by atoms with Gasteiger partial charge in [0.05, 0.1) is 12.5 Å². The van der Waals surface area contributed by atoms with Gasteiger partial charge < -0.3 is 10.2 Å². The average molecular weight is 518 g/mol. The Hall–Kier alpha value is -2.46. The number of piperidine rings is 1. The lowest BCUT2D eigenvalue weighted by Gasteiger charge is -2.32. The Morgan fingerprint density at radius 3 is 2.67 bits per heavy atom. The summed E-state index contributed by atoms with van der Waals surface area (Å²) < 4.78 is 27.4. The molecule has 2 saturated heterocycles. The largest absolute Gasteiger partial charge is 0.312 e. The fourth-order valence-electron chi connectivity index (χ4n) is 5.59. The zero-order valence-corrected chi connectivity index (χ0v) is 21.2. The quantitative estimate of drug-likeness (QED) is 0.540. The minimum absolute atomic E-state index is 0.0467. The SMILES string of the molecule is O=C(Nc1nnc(CCC2CCCC2)s1)C1CC(=O)N(c2ccc(CN3CCCC(F)(F)C3)cc2)C1. The summed E-state index contributed by atoms with van der Waals surface area (Å²) in [6, 6.07) is 7.40. The highest BCUT2D eigenvalue weighted by Gasteiger charge is 2.36. The van der Waals surface area contributed by atoms with Crippen molar-refractivity contribution in [2.24, 2.45) is 11.8 Å². The summed E-state index contributed by atoms with van der Waals surface area (Å²) in [7, 11) is 0. The Kier molecular flexibility index (Phi) is 7.62. The van der Waals surface area contributed by atoms with Crippen molar-refractivity contribution in [3.05, 3.63) is 34.8 Å². The van der Waals surface area contributed by atoms with Crippen LogP contribution in [0.1, 0.15) is 61.9 Å². The summed E-state index contributed by atoms with van der Waals surface area (Å²) >= 11 is 1.41. The van der Waals surface area contributed by atoms with Gasteiger partial charge in [-0.25, -0.2) is 8.78 Å². The summed E-state index contributed by atoms with van der Waals surface area (Å²) in [5, 5.41) is 12.6. The Balaban J connectivity index is 1.12. The van der Waals surface area contributed by atoms with Crippen molar-refractivity contribution >= 4 is 34.0 Å². The van der Waals surface area contributed by atoms with Crippen molar-refractivity contribution < 1.29 is 18.4 Å². The van der Waals surface area contributed by atoms with Gasteiger partial charge in [0.15, 0.2) is 0 Å². The molecule has 2 amide bonds. The number of aromatic nitrogens is 2. The highest BCUT2D eigenvalue weighted by Crippen LogP contribution is 2.31. The van der Waals surface area contributed by atoms with Gasteiger partial charge in [0, 0.05) is 38.0 Å². The summed E-state index contributed by atoms with van der Waals surface area (Å²) in [5.41, 5.74) is 1.64. The average Bonchev–Trinajstić information content (AvgIpc) is 3.59. The second-order valence-corrected chi connectivity index (χ2v) is 11.5. The maximum absolute atomic E-state index is 13.7. The van der Waals surface area contributed by atoms with Crippen LogP contribution in [0, 0.1) is 11.8 Å². The molecule has 3 aliphatic rings. The molecule has 0 radical (unpaired) electrons. The van der Waals surface area contributed by atoms with Crippen LogP contribution >= 0.6 is 11.3 Å². The molecule has 7 nitrogen and oxygen atoms in total. The minimum Gasteiger partial charge on any atom is -0.312 e. The maximum Gasteiger partial charge on any atom is 0.260 e. The lowest BCUT2D eigenvalue weighted by Crippen LogP contribution is -2.42. The molecule has 10 heteroatoms. The number of alkyl halides is 2. The molecule has 0 bridgehead atoms. The number of nitrogens with zero attached hydrogens (tertiary/aromatic N) is 4. The van der Waals surface area contributed by atoms with Crippen LogP contribution in [-0.2, 0) is 22.6 Å². The third-order valence-electron chi connectivity index (χ3n) is 7.56. The number of rotatable bonds is 8. The highest BCUT2D eigenvalue weighted by atomic mass is 32.1. The molecule has 3 heterocycles.